The van der Waals surface area contributed by atoms with E-state index in [0.29, 0.717) is 12.6 Å². The number of anilines is 2. The Labute approximate surface area is 141 Å². The van der Waals surface area contributed by atoms with Gasteiger partial charge in [0.25, 0.3) is 0 Å². The Morgan fingerprint density at radius 2 is 1.83 bits per heavy atom. The first-order valence-electron chi connectivity index (χ1n) is 8.14. The third-order valence-corrected chi connectivity index (χ3v) is 4.36. The highest BCUT2D eigenvalue weighted by atomic mass is 16.7. The zero-order valence-electron chi connectivity index (χ0n) is 13.7. The van der Waals surface area contributed by atoms with Crippen LogP contribution in [0.2, 0.25) is 0 Å². The molecule has 0 atom stereocenters. The minimum atomic E-state index is 0.317. The number of fused-ring (bicyclic) bond motifs is 1. The maximum Gasteiger partial charge on any atom is 0.231 e. The van der Waals surface area contributed by atoms with Crippen LogP contribution < -0.4 is 20.1 Å². The summed E-state index contributed by atoms with van der Waals surface area (Å²) in [6.07, 6.45) is 0. The number of benzene rings is 1. The number of nitrogens with two attached hydrogens (primary N) is 1. The average Bonchev–Trinajstić information content (AvgIpc) is 3.02. The molecule has 1 aromatic heterocycles. The number of piperazine rings is 1. The fourth-order valence-corrected chi connectivity index (χ4v) is 3.12. The number of ether oxygens (including phenoxy) is 2. The monoisotopic (exact) mass is 327 g/mol. The van der Waals surface area contributed by atoms with Crippen molar-refractivity contribution in [3.8, 4) is 11.5 Å². The van der Waals surface area contributed by atoms with Gasteiger partial charge in [-0.2, -0.15) is 4.98 Å². The molecule has 1 aromatic carbocycles. The molecule has 126 valence electrons. The predicted molar refractivity (Wildman–Crippen MR) is 91.2 cm³/mol. The van der Waals surface area contributed by atoms with Crippen LogP contribution in [0.15, 0.2) is 24.3 Å². The highest BCUT2D eigenvalue weighted by Gasteiger charge is 2.20. The highest BCUT2D eigenvalue weighted by molar-refractivity contribution is 5.44. The van der Waals surface area contributed by atoms with E-state index in [1.165, 1.54) is 5.56 Å². The summed E-state index contributed by atoms with van der Waals surface area (Å²) in [7, 11) is 0. The van der Waals surface area contributed by atoms with E-state index in [1.807, 2.05) is 13.0 Å². The lowest BCUT2D eigenvalue weighted by atomic mass is 10.1. The van der Waals surface area contributed by atoms with Gasteiger partial charge in [-0.25, -0.2) is 4.98 Å². The lowest BCUT2D eigenvalue weighted by molar-refractivity contribution is 0.174. The molecule has 2 aliphatic rings. The normalized spacial score (nSPS) is 17.3. The van der Waals surface area contributed by atoms with Gasteiger partial charge >= 0.3 is 0 Å². The first-order valence-corrected chi connectivity index (χ1v) is 8.14. The molecule has 3 heterocycles. The molecule has 24 heavy (non-hydrogen) atoms. The van der Waals surface area contributed by atoms with E-state index < -0.39 is 0 Å². The van der Waals surface area contributed by atoms with Gasteiger partial charge in [-0.15, -0.1) is 0 Å². The summed E-state index contributed by atoms with van der Waals surface area (Å²) >= 11 is 0. The predicted octanol–water partition coefficient (Wildman–Crippen LogP) is 1.42. The van der Waals surface area contributed by atoms with Gasteiger partial charge in [-0.05, 0) is 24.6 Å². The van der Waals surface area contributed by atoms with Crippen molar-refractivity contribution < 1.29 is 9.47 Å². The smallest absolute Gasteiger partial charge is 0.231 e. The first-order chi connectivity index (χ1) is 11.7. The molecule has 1 saturated heterocycles. The number of nitrogen functional groups attached to an aromatic ring is 1. The van der Waals surface area contributed by atoms with E-state index in [2.05, 4.69) is 31.9 Å². The van der Waals surface area contributed by atoms with Gasteiger partial charge in [-0.3, -0.25) is 4.90 Å². The van der Waals surface area contributed by atoms with Gasteiger partial charge in [0.05, 0.1) is 0 Å². The van der Waals surface area contributed by atoms with E-state index in [1.54, 1.807) is 6.07 Å². The highest BCUT2D eigenvalue weighted by Crippen LogP contribution is 2.32. The summed E-state index contributed by atoms with van der Waals surface area (Å²) in [6, 6.07) is 7.94. The van der Waals surface area contributed by atoms with Crippen LogP contribution in [0.25, 0.3) is 0 Å². The Morgan fingerprint density at radius 1 is 1.04 bits per heavy atom. The number of hydrogen-bond acceptors (Lipinski definition) is 7. The van der Waals surface area contributed by atoms with Crippen LogP contribution >= 0.6 is 0 Å². The van der Waals surface area contributed by atoms with Crippen molar-refractivity contribution in [1.82, 2.24) is 14.9 Å². The molecule has 7 heteroatoms. The topological polar surface area (TPSA) is 76.7 Å². The Morgan fingerprint density at radius 3 is 2.62 bits per heavy atom. The molecular weight excluding hydrogens is 306 g/mol. The molecular formula is C17H21N5O2. The Balaban J connectivity index is 1.37. The fourth-order valence-electron chi connectivity index (χ4n) is 3.12. The van der Waals surface area contributed by atoms with E-state index in [9.17, 15) is 0 Å². The molecule has 1 fully saturated rings. The van der Waals surface area contributed by atoms with Gasteiger partial charge < -0.3 is 20.1 Å². The van der Waals surface area contributed by atoms with Crippen LogP contribution in [0.4, 0.5) is 11.8 Å². The van der Waals surface area contributed by atoms with Crippen molar-refractivity contribution in [3.63, 3.8) is 0 Å². The van der Waals surface area contributed by atoms with E-state index in [-0.39, 0.29) is 0 Å². The van der Waals surface area contributed by atoms with Gasteiger partial charge in [0.1, 0.15) is 5.82 Å². The Hall–Kier alpha value is -2.54. The quantitative estimate of drug-likeness (QED) is 0.913. The molecule has 2 N–H and O–H groups in total. The molecule has 7 nitrogen and oxygen atoms in total. The number of rotatable bonds is 3. The van der Waals surface area contributed by atoms with Gasteiger partial charge in [0.15, 0.2) is 11.5 Å². The average molecular weight is 327 g/mol. The summed E-state index contributed by atoms with van der Waals surface area (Å²) in [6.45, 7) is 6.88. The SMILES string of the molecule is Cc1cc(N)nc(N2CCN(Cc3ccc4c(c3)OCO4)CC2)n1. The lowest BCUT2D eigenvalue weighted by Crippen LogP contribution is -2.46. The second-order valence-corrected chi connectivity index (χ2v) is 6.19. The molecule has 2 aliphatic heterocycles. The first kappa shape index (κ1) is 15.0. The van der Waals surface area contributed by atoms with E-state index >= 15 is 0 Å². The molecule has 0 unspecified atom stereocenters. The van der Waals surface area contributed by atoms with Crippen molar-refractivity contribution in [2.75, 3.05) is 43.6 Å². The zero-order chi connectivity index (χ0) is 16.5. The summed E-state index contributed by atoms with van der Waals surface area (Å²) in [4.78, 5) is 13.5. The molecule has 2 aromatic rings. The van der Waals surface area contributed by atoms with Gasteiger partial charge in [0.2, 0.25) is 12.7 Å². The van der Waals surface area contributed by atoms with Gasteiger partial charge in [0, 0.05) is 44.5 Å². The lowest BCUT2D eigenvalue weighted by Gasteiger charge is -2.34. The minimum Gasteiger partial charge on any atom is -0.454 e. The molecule has 0 amide bonds. The maximum absolute atomic E-state index is 5.83. The van der Waals surface area contributed by atoms with Crippen molar-refractivity contribution >= 4 is 11.8 Å². The minimum absolute atomic E-state index is 0.317. The van der Waals surface area contributed by atoms with Crippen molar-refractivity contribution in [3.05, 3.63) is 35.5 Å². The Kier molecular flexibility index (Phi) is 3.86. The van der Waals surface area contributed by atoms with Crippen LogP contribution in [0, 0.1) is 6.92 Å². The fraction of sp³-hybridized carbons (Fsp3) is 0.412. The van der Waals surface area contributed by atoms with E-state index in [4.69, 9.17) is 15.2 Å². The Bertz CT molecular complexity index is 724. The third kappa shape index (κ3) is 3.07. The summed E-state index contributed by atoms with van der Waals surface area (Å²) in [5, 5.41) is 0. The second kappa shape index (κ2) is 6.16. The molecule has 4 rings (SSSR count). The van der Waals surface area contributed by atoms with E-state index in [0.717, 1.165) is 55.9 Å². The molecule has 0 bridgehead atoms. The standard InChI is InChI=1S/C17H21N5O2/c1-12-8-16(18)20-17(19-12)22-6-4-21(5-7-22)10-13-2-3-14-15(9-13)24-11-23-14/h2-3,8-9H,4-7,10-11H2,1H3,(H2,18,19,20). The summed E-state index contributed by atoms with van der Waals surface area (Å²) in [5.41, 5.74) is 7.97. The van der Waals surface area contributed by atoms with Crippen LogP contribution in [-0.2, 0) is 6.54 Å². The molecule has 0 saturated carbocycles. The van der Waals surface area contributed by atoms with Gasteiger partial charge in [-0.1, -0.05) is 6.07 Å². The maximum atomic E-state index is 5.83. The van der Waals surface area contributed by atoms with Crippen LogP contribution in [0.3, 0.4) is 0 Å². The van der Waals surface area contributed by atoms with Crippen LogP contribution in [-0.4, -0.2) is 47.8 Å². The number of nitrogens with zero attached hydrogens (tertiary/aromatic N) is 4. The van der Waals surface area contributed by atoms with Crippen molar-refractivity contribution in [2.45, 2.75) is 13.5 Å². The number of aryl methyl sites for hydroxylation is 1. The number of aromatic nitrogens is 2. The molecule has 0 aliphatic carbocycles. The van der Waals surface area contributed by atoms with Crippen molar-refractivity contribution in [2.24, 2.45) is 0 Å². The van der Waals surface area contributed by atoms with Crippen LogP contribution in [0.5, 0.6) is 11.5 Å². The summed E-state index contributed by atoms with van der Waals surface area (Å²) < 4.78 is 10.8. The molecule has 0 radical (unpaired) electrons. The van der Waals surface area contributed by atoms with Crippen LogP contribution in [0.1, 0.15) is 11.3 Å². The second-order valence-electron chi connectivity index (χ2n) is 6.19. The largest absolute Gasteiger partial charge is 0.454 e. The van der Waals surface area contributed by atoms with Crippen molar-refractivity contribution in [1.29, 1.82) is 0 Å². The zero-order valence-corrected chi connectivity index (χ0v) is 13.7. The third-order valence-electron chi connectivity index (χ3n) is 4.36. The number of hydrogen-bond donors (Lipinski definition) is 1. The molecule has 0 spiro atoms. The summed E-state index contributed by atoms with van der Waals surface area (Å²) in [5.74, 6) is 2.93.